The molecule has 25 heavy (non-hydrogen) atoms. The van der Waals surface area contributed by atoms with E-state index in [1.807, 2.05) is 4.72 Å². The molecule has 0 aliphatic heterocycles. The third-order valence-electron chi connectivity index (χ3n) is 2.79. The minimum Gasteiger partial charge on any atom is -0.768 e. The van der Waals surface area contributed by atoms with Gasteiger partial charge in [0.1, 0.15) is 5.75 Å². The topological polar surface area (TPSA) is 139 Å². The maximum Gasteiger partial charge on any atom is 1.00 e. The fourth-order valence-corrected chi connectivity index (χ4v) is 4.17. The van der Waals surface area contributed by atoms with Crippen molar-refractivity contribution in [3.05, 3.63) is 64.7 Å². The Morgan fingerprint density at radius 2 is 1.64 bits per heavy atom. The van der Waals surface area contributed by atoms with E-state index in [1.54, 1.807) is 6.07 Å². The van der Waals surface area contributed by atoms with Gasteiger partial charge in [0.25, 0.3) is 5.69 Å². The van der Waals surface area contributed by atoms with Crippen molar-refractivity contribution in [3.8, 4) is 5.75 Å². The molecule has 0 aromatic heterocycles. The summed E-state index contributed by atoms with van der Waals surface area (Å²) < 4.78 is 42.4. The Morgan fingerprint density at radius 1 is 1.08 bits per heavy atom. The van der Waals surface area contributed by atoms with Gasteiger partial charge in [-0.2, -0.15) is 0 Å². The van der Waals surface area contributed by atoms with E-state index in [4.69, 9.17) is 4.52 Å². The predicted molar refractivity (Wildman–Crippen MR) is 83.0 cm³/mol. The second-order valence-corrected chi connectivity index (χ2v) is 8.06. The zero-order chi connectivity index (χ0) is 17.8. The van der Waals surface area contributed by atoms with Gasteiger partial charge in [-0.3, -0.25) is 14.7 Å². The molecular formula is C13H12N2NaO7PS. The van der Waals surface area contributed by atoms with Crippen LogP contribution in [-0.2, 0) is 14.6 Å². The second kappa shape index (κ2) is 8.91. The molecule has 128 valence electrons. The zero-order valence-electron chi connectivity index (χ0n) is 13.1. The van der Waals surface area contributed by atoms with Crippen molar-refractivity contribution in [2.45, 2.75) is 4.90 Å². The van der Waals surface area contributed by atoms with Crippen molar-refractivity contribution in [3.63, 3.8) is 0 Å². The number of nitrogens with one attached hydrogen (secondary N) is 1. The molecule has 0 saturated carbocycles. The number of nitro benzene ring substituents is 1. The number of nitrogens with zero attached hydrogens (tertiary/aromatic N) is 1. The molecule has 9 nitrogen and oxygen atoms in total. The van der Waals surface area contributed by atoms with E-state index in [9.17, 15) is 28.0 Å². The second-order valence-electron chi connectivity index (χ2n) is 4.57. The molecule has 2 aromatic carbocycles. The average molecular weight is 394 g/mol. The number of non-ortho nitro benzene ring substituents is 1. The standard InChI is InChI=1S/C13H13N2O7PS.Na/c16-15(17)11-6-8-12(9-7-11)22-23(18,19)10-14-24(20,21)13-4-2-1-3-5-13;/h1-9,14H,10H2,(H,18,19);/q;+1/p-1. The SMILES string of the molecule is O=[N+]([O-])c1ccc(OP(=O)([O-])CNS(=O)(=O)c2ccccc2)cc1.[Na+]. The first kappa shape index (κ1) is 21.8. The molecule has 0 radical (unpaired) electrons. The van der Waals surface area contributed by atoms with Crippen LogP contribution in [0.25, 0.3) is 0 Å². The largest absolute Gasteiger partial charge is 1.00 e. The van der Waals surface area contributed by atoms with Crippen molar-refractivity contribution >= 4 is 23.3 Å². The Hall–Kier alpha value is -1.26. The normalized spacial score (nSPS) is 13.3. The van der Waals surface area contributed by atoms with E-state index in [-0.39, 0.29) is 45.9 Å². The van der Waals surface area contributed by atoms with Crippen molar-refractivity contribution < 1.29 is 56.9 Å². The molecular weight excluding hydrogens is 382 g/mol. The molecule has 1 unspecified atom stereocenters. The fourth-order valence-electron chi connectivity index (χ4n) is 1.67. The number of hydrogen-bond donors (Lipinski definition) is 1. The minimum atomic E-state index is -4.58. The van der Waals surface area contributed by atoms with Gasteiger partial charge in [-0.05, 0) is 24.3 Å². The molecule has 0 aliphatic carbocycles. The van der Waals surface area contributed by atoms with Crippen LogP contribution in [0.5, 0.6) is 5.75 Å². The van der Waals surface area contributed by atoms with Crippen LogP contribution >= 0.6 is 7.60 Å². The average Bonchev–Trinajstić information content (AvgIpc) is 2.54. The summed E-state index contributed by atoms with van der Waals surface area (Å²) in [6.07, 6.45) is -0.957. The van der Waals surface area contributed by atoms with E-state index >= 15 is 0 Å². The van der Waals surface area contributed by atoms with Gasteiger partial charge in [-0.25, -0.2) is 13.1 Å². The number of benzene rings is 2. The Balaban J connectivity index is 0.00000312. The molecule has 1 N–H and O–H groups in total. The molecule has 1 atom stereocenters. The van der Waals surface area contributed by atoms with Gasteiger partial charge in [-0.1, -0.05) is 18.2 Å². The van der Waals surface area contributed by atoms with Gasteiger partial charge in [0.05, 0.1) is 16.1 Å². The van der Waals surface area contributed by atoms with Crippen LogP contribution < -0.4 is 43.7 Å². The van der Waals surface area contributed by atoms with Gasteiger partial charge >= 0.3 is 29.6 Å². The van der Waals surface area contributed by atoms with Crippen LogP contribution in [0.3, 0.4) is 0 Å². The summed E-state index contributed by atoms with van der Waals surface area (Å²) in [7, 11) is -8.58. The molecule has 0 heterocycles. The predicted octanol–water partition coefficient (Wildman–Crippen LogP) is -1.53. The van der Waals surface area contributed by atoms with Crippen LogP contribution in [0.2, 0.25) is 0 Å². The fraction of sp³-hybridized carbons (Fsp3) is 0.0769. The minimum absolute atomic E-state index is 0. The maximum absolute atomic E-state index is 11.9. The number of nitro groups is 1. The van der Waals surface area contributed by atoms with E-state index in [1.165, 1.54) is 24.3 Å². The summed E-state index contributed by atoms with van der Waals surface area (Å²) in [4.78, 5) is 21.6. The van der Waals surface area contributed by atoms with Crippen molar-refractivity contribution in [1.29, 1.82) is 0 Å². The van der Waals surface area contributed by atoms with Crippen LogP contribution in [0.1, 0.15) is 0 Å². The summed E-state index contributed by atoms with van der Waals surface area (Å²) in [6.45, 7) is 0. The molecule has 0 saturated heterocycles. The number of hydrogen-bond acceptors (Lipinski definition) is 7. The van der Waals surface area contributed by atoms with Crippen LogP contribution in [-0.4, -0.2) is 19.6 Å². The Kier molecular flexibility index (Phi) is 7.76. The van der Waals surface area contributed by atoms with Crippen LogP contribution in [0, 0.1) is 10.1 Å². The van der Waals surface area contributed by atoms with Crippen LogP contribution in [0.4, 0.5) is 5.69 Å². The van der Waals surface area contributed by atoms with Gasteiger partial charge in [0, 0.05) is 12.1 Å². The number of sulfonamides is 1. The van der Waals surface area contributed by atoms with Crippen LogP contribution in [0.15, 0.2) is 59.5 Å². The summed E-state index contributed by atoms with van der Waals surface area (Å²) in [5, 5.41) is 10.5. The molecule has 0 bridgehead atoms. The monoisotopic (exact) mass is 394 g/mol. The first-order chi connectivity index (χ1) is 11.2. The summed E-state index contributed by atoms with van der Waals surface area (Å²) in [6, 6.07) is 11.6. The number of rotatable bonds is 7. The van der Waals surface area contributed by atoms with E-state index in [0.717, 1.165) is 24.3 Å². The quantitative estimate of drug-likeness (QED) is 0.260. The smallest absolute Gasteiger partial charge is 0.768 e. The summed E-state index contributed by atoms with van der Waals surface area (Å²) in [5.74, 6) is -0.155. The Morgan fingerprint density at radius 3 is 2.16 bits per heavy atom. The molecule has 0 spiro atoms. The Labute approximate surface area is 166 Å². The zero-order valence-corrected chi connectivity index (χ0v) is 16.8. The molecule has 0 amide bonds. The van der Waals surface area contributed by atoms with Gasteiger partial charge in [0.15, 0.2) is 7.60 Å². The molecule has 0 aliphatic rings. The van der Waals surface area contributed by atoms with Crippen molar-refractivity contribution in [2.75, 3.05) is 6.29 Å². The third-order valence-corrected chi connectivity index (χ3v) is 5.46. The first-order valence-corrected chi connectivity index (χ1v) is 9.70. The molecule has 2 rings (SSSR count). The van der Waals surface area contributed by atoms with E-state index in [0.29, 0.717) is 0 Å². The third kappa shape index (κ3) is 6.52. The molecule has 12 heteroatoms. The molecule has 2 aromatic rings. The van der Waals surface area contributed by atoms with Gasteiger partial charge in [0.2, 0.25) is 10.0 Å². The molecule has 0 fully saturated rings. The van der Waals surface area contributed by atoms with E-state index in [2.05, 4.69) is 0 Å². The van der Waals surface area contributed by atoms with Crippen molar-refractivity contribution in [2.24, 2.45) is 0 Å². The first-order valence-electron chi connectivity index (χ1n) is 6.48. The maximum atomic E-state index is 11.9. The summed E-state index contributed by atoms with van der Waals surface area (Å²) >= 11 is 0. The van der Waals surface area contributed by atoms with Gasteiger partial charge < -0.3 is 9.42 Å². The summed E-state index contributed by atoms with van der Waals surface area (Å²) in [5.41, 5.74) is -0.229. The van der Waals surface area contributed by atoms with E-state index < -0.39 is 28.8 Å². The van der Waals surface area contributed by atoms with Crippen molar-refractivity contribution in [1.82, 2.24) is 4.72 Å². The Bertz CT molecular complexity index is 875. The van der Waals surface area contributed by atoms with Gasteiger partial charge in [-0.15, -0.1) is 0 Å².